The maximum atomic E-state index is 12.8. The highest BCUT2D eigenvalue weighted by atomic mass is 16.6. The summed E-state index contributed by atoms with van der Waals surface area (Å²) in [6.07, 6.45) is 96.9. The van der Waals surface area contributed by atoms with E-state index < -0.39 is 6.10 Å². The van der Waals surface area contributed by atoms with Gasteiger partial charge in [-0.05, 0) is 135 Å². The predicted molar refractivity (Wildman–Crippen MR) is 343 cm³/mol. The first-order chi connectivity index (χ1) is 39.0. The van der Waals surface area contributed by atoms with Crippen LogP contribution in [-0.4, -0.2) is 37.2 Å². The van der Waals surface area contributed by atoms with Gasteiger partial charge in [0.1, 0.15) is 13.2 Å². The van der Waals surface area contributed by atoms with Crippen LogP contribution in [0.15, 0.2) is 170 Å². The molecule has 1 atom stereocenters. The van der Waals surface area contributed by atoms with Gasteiger partial charge in [0.25, 0.3) is 0 Å². The number of carbonyl (C=O) groups is 3. The summed E-state index contributed by atoms with van der Waals surface area (Å²) in [5, 5.41) is 0. The van der Waals surface area contributed by atoms with Crippen LogP contribution < -0.4 is 0 Å². The molecule has 0 spiro atoms. The Balaban J connectivity index is 4.20. The van der Waals surface area contributed by atoms with Gasteiger partial charge in [-0.15, -0.1) is 0 Å². The van der Waals surface area contributed by atoms with Crippen molar-refractivity contribution < 1.29 is 28.6 Å². The first-order valence-electron chi connectivity index (χ1n) is 31.6. The van der Waals surface area contributed by atoms with E-state index in [1.54, 1.807) is 0 Å². The molecule has 79 heavy (non-hydrogen) atoms. The van der Waals surface area contributed by atoms with Gasteiger partial charge in [-0.25, -0.2) is 0 Å². The smallest absolute Gasteiger partial charge is 0.306 e. The molecule has 0 aromatic carbocycles. The second-order valence-electron chi connectivity index (χ2n) is 20.2. The average Bonchev–Trinajstić information content (AvgIpc) is 3.45. The summed E-state index contributed by atoms with van der Waals surface area (Å²) in [6.45, 7) is 6.28. The largest absolute Gasteiger partial charge is 0.462 e. The number of rotatable bonds is 55. The molecule has 0 aromatic heterocycles. The lowest BCUT2D eigenvalue weighted by Crippen LogP contribution is -2.30. The van der Waals surface area contributed by atoms with E-state index in [9.17, 15) is 14.4 Å². The molecule has 0 bridgehead atoms. The van der Waals surface area contributed by atoms with E-state index in [1.807, 2.05) is 0 Å². The Labute approximate surface area is 485 Å². The molecule has 0 fully saturated rings. The lowest BCUT2D eigenvalue weighted by molar-refractivity contribution is -0.167. The van der Waals surface area contributed by atoms with Crippen LogP contribution in [0.2, 0.25) is 0 Å². The molecule has 1 unspecified atom stereocenters. The zero-order valence-electron chi connectivity index (χ0n) is 50.6. The van der Waals surface area contributed by atoms with Gasteiger partial charge in [0.2, 0.25) is 0 Å². The van der Waals surface area contributed by atoms with Gasteiger partial charge < -0.3 is 14.2 Å². The fraction of sp³-hybridized carbons (Fsp3) is 0.575. The molecule has 0 aliphatic heterocycles. The lowest BCUT2D eigenvalue weighted by atomic mass is 10.0. The van der Waals surface area contributed by atoms with Crippen LogP contribution in [0.25, 0.3) is 0 Å². The van der Waals surface area contributed by atoms with Gasteiger partial charge in [0.05, 0.1) is 0 Å². The molecule has 0 saturated carbocycles. The van der Waals surface area contributed by atoms with E-state index in [-0.39, 0.29) is 31.1 Å². The molecule has 0 rings (SSSR count). The first kappa shape index (κ1) is 73.8. The number of hydrogen-bond acceptors (Lipinski definition) is 6. The summed E-state index contributed by atoms with van der Waals surface area (Å²) < 4.78 is 16.7. The van der Waals surface area contributed by atoms with Crippen LogP contribution in [0.1, 0.15) is 252 Å². The van der Waals surface area contributed by atoms with Crippen LogP contribution >= 0.6 is 0 Å². The quantitative estimate of drug-likeness (QED) is 0.0261. The summed E-state index contributed by atoms with van der Waals surface area (Å²) in [4.78, 5) is 37.9. The Morgan fingerprint density at radius 2 is 0.494 bits per heavy atom. The molecule has 0 aliphatic rings. The summed E-state index contributed by atoms with van der Waals surface area (Å²) in [7, 11) is 0. The molecule has 0 aliphatic carbocycles. The standard InChI is InChI=1S/C73H114O6/c1-4-7-10-13-15-17-19-21-23-25-27-29-31-32-33-34-35-36-37-38-39-40-42-43-45-47-49-51-53-55-57-60-63-66-72(75)78-69-70(68-77-71(74)65-62-59-12-9-6-3)79-73(76)67-64-61-58-56-54-52-50-48-46-44-41-30-28-26-24-22-20-18-16-14-11-8-5-2/h7-8,10-11,15-18,21-24,27-30,32-33,35-36,38-39,42-43,47,49,53,55,70H,4-6,9,12-14,19-20,25-26,31,34,37,40-41,44-46,48,50-52,54,56-69H2,1-3H3/b10-7-,11-8-,17-15-,18-16-,23-21-,24-22-,29-27-,30-28-,33-32-,36-35-,39-38-,43-42-,49-47-,55-53-. The fourth-order valence-corrected chi connectivity index (χ4v) is 8.05. The monoisotopic (exact) mass is 1090 g/mol. The normalized spacial score (nSPS) is 13.3. The van der Waals surface area contributed by atoms with E-state index in [4.69, 9.17) is 14.2 Å². The van der Waals surface area contributed by atoms with E-state index in [0.29, 0.717) is 25.7 Å². The van der Waals surface area contributed by atoms with Crippen molar-refractivity contribution >= 4 is 17.9 Å². The van der Waals surface area contributed by atoms with Gasteiger partial charge in [-0.2, -0.15) is 0 Å². The maximum absolute atomic E-state index is 12.8. The van der Waals surface area contributed by atoms with Crippen molar-refractivity contribution in [3.63, 3.8) is 0 Å². The van der Waals surface area contributed by atoms with Gasteiger partial charge in [-0.3, -0.25) is 14.4 Å². The third-order valence-electron chi connectivity index (χ3n) is 12.7. The van der Waals surface area contributed by atoms with E-state index >= 15 is 0 Å². The van der Waals surface area contributed by atoms with E-state index in [0.717, 1.165) is 154 Å². The van der Waals surface area contributed by atoms with Gasteiger partial charge in [-0.1, -0.05) is 268 Å². The minimum atomic E-state index is -0.803. The van der Waals surface area contributed by atoms with Crippen molar-refractivity contribution in [2.24, 2.45) is 0 Å². The van der Waals surface area contributed by atoms with Crippen molar-refractivity contribution in [3.05, 3.63) is 170 Å². The average molecular weight is 1090 g/mol. The van der Waals surface area contributed by atoms with Crippen molar-refractivity contribution in [3.8, 4) is 0 Å². The van der Waals surface area contributed by atoms with Gasteiger partial charge in [0, 0.05) is 19.3 Å². The second-order valence-corrected chi connectivity index (χ2v) is 20.2. The number of allylic oxidation sites excluding steroid dienone is 28. The van der Waals surface area contributed by atoms with Crippen molar-refractivity contribution in [2.45, 2.75) is 258 Å². The molecule has 0 radical (unpaired) electrons. The molecule has 0 aromatic rings. The van der Waals surface area contributed by atoms with Crippen molar-refractivity contribution in [1.82, 2.24) is 0 Å². The van der Waals surface area contributed by atoms with E-state index in [1.165, 1.54) is 51.4 Å². The highest BCUT2D eigenvalue weighted by Gasteiger charge is 2.19. The van der Waals surface area contributed by atoms with E-state index in [2.05, 4.69) is 191 Å². The third kappa shape index (κ3) is 63.5. The molecule has 0 heterocycles. The highest BCUT2D eigenvalue weighted by Crippen LogP contribution is 2.14. The molecular formula is C73H114O6. The Hall–Kier alpha value is -5.23. The minimum Gasteiger partial charge on any atom is -0.462 e. The van der Waals surface area contributed by atoms with Crippen LogP contribution in [0.5, 0.6) is 0 Å². The molecule has 6 nitrogen and oxygen atoms in total. The molecule has 442 valence electrons. The number of unbranched alkanes of at least 4 members (excludes halogenated alkanes) is 16. The molecular weight excluding hydrogens is 973 g/mol. The highest BCUT2D eigenvalue weighted by molar-refractivity contribution is 5.71. The SMILES string of the molecule is CC/C=C\C/C=C\C/C=C\C/C=C\C/C=C\C/C=C\C/C=C\C/C=C\C/C=C\C/C=C\CCCCC(=O)OCC(COC(=O)CCCCCCC)OC(=O)CCCCCCCCCCCC/C=C\C/C=C\C/C=C\C/C=C\CC. The Morgan fingerprint density at radius 1 is 0.266 bits per heavy atom. The summed E-state index contributed by atoms with van der Waals surface area (Å²) >= 11 is 0. The van der Waals surface area contributed by atoms with Crippen LogP contribution in [0, 0.1) is 0 Å². The van der Waals surface area contributed by atoms with Crippen LogP contribution in [0.3, 0.4) is 0 Å². The molecule has 0 saturated heterocycles. The number of ether oxygens (including phenoxy) is 3. The lowest BCUT2D eigenvalue weighted by Gasteiger charge is -2.18. The zero-order valence-corrected chi connectivity index (χ0v) is 50.6. The van der Waals surface area contributed by atoms with Gasteiger partial charge >= 0.3 is 17.9 Å². The molecule has 6 heteroatoms. The topological polar surface area (TPSA) is 78.9 Å². The number of carbonyl (C=O) groups excluding carboxylic acids is 3. The van der Waals surface area contributed by atoms with Crippen molar-refractivity contribution in [2.75, 3.05) is 13.2 Å². The maximum Gasteiger partial charge on any atom is 0.306 e. The Kier molecular flexibility index (Phi) is 61.0. The molecule has 0 amide bonds. The minimum absolute atomic E-state index is 0.101. The Morgan fingerprint density at radius 3 is 0.797 bits per heavy atom. The van der Waals surface area contributed by atoms with Crippen LogP contribution in [0.4, 0.5) is 0 Å². The van der Waals surface area contributed by atoms with Crippen molar-refractivity contribution in [1.29, 1.82) is 0 Å². The van der Waals surface area contributed by atoms with Crippen LogP contribution in [-0.2, 0) is 28.6 Å². The number of esters is 3. The predicted octanol–water partition coefficient (Wildman–Crippen LogP) is 21.9. The fourth-order valence-electron chi connectivity index (χ4n) is 8.05. The molecule has 0 N–H and O–H groups in total. The number of hydrogen-bond donors (Lipinski definition) is 0. The summed E-state index contributed by atoms with van der Waals surface area (Å²) in [5.74, 6) is -0.972. The summed E-state index contributed by atoms with van der Waals surface area (Å²) in [5.41, 5.74) is 0. The zero-order chi connectivity index (χ0) is 57.1. The second kappa shape index (κ2) is 65.3. The van der Waals surface area contributed by atoms with Gasteiger partial charge in [0.15, 0.2) is 6.10 Å². The Bertz CT molecular complexity index is 1820. The summed E-state index contributed by atoms with van der Waals surface area (Å²) in [6, 6.07) is 0. The first-order valence-corrected chi connectivity index (χ1v) is 31.6. The third-order valence-corrected chi connectivity index (χ3v) is 12.7.